The van der Waals surface area contributed by atoms with Gasteiger partial charge in [0.05, 0.1) is 12.7 Å². The smallest absolute Gasteiger partial charge is 0.119 e. The quantitative estimate of drug-likeness (QED) is 0.717. The summed E-state index contributed by atoms with van der Waals surface area (Å²) < 4.78 is 5.52. The minimum atomic E-state index is -0.207. The van der Waals surface area contributed by atoms with Gasteiger partial charge >= 0.3 is 0 Å². The SMILES string of the molecule is CC(C)NC(C#N)COCCCc1ccccc1. The summed E-state index contributed by atoms with van der Waals surface area (Å²) in [5.41, 5.74) is 1.33. The molecule has 1 aromatic rings. The average molecular weight is 246 g/mol. The maximum absolute atomic E-state index is 8.92. The first-order valence-corrected chi connectivity index (χ1v) is 6.49. The highest BCUT2D eigenvalue weighted by atomic mass is 16.5. The number of nitrogens with one attached hydrogen (secondary N) is 1. The molecule has 18 heavy (non-hydrogen) atoms. The molecule has 0 spiro atoms. The van der Waals surface area contributed by atoms with Crippen LogP contribution >= 0.6 is 0 Å². The van der Waals surface area contributed by atoms with Crippen LogP contribution in [-0.2, 0) is 11.2 Å². The lowest BCUT2D eigenvalue weighted by Gasteiger charge is -2.14. The van der Waals surface area contributed by atoms with Crippen LogP contribution < -0.4 is 5.32 Å². The summed E-state index contributed by atoms with van der Waals surface area (Å²) in [5.74, 6) is 0. The van der Waals surface area contributed by atoms with Gasteiger partial charge in [-0.1, -0.05) is 30.3 Å². The summed E-state index contributed by atoms with van der Waals surface area (Å²) in [6, 6.07) is 12.7. The van der Waals surface area contributed by atoms with Crippen LogP contribution in [0.15, 0.2) is 30.3 Å². The lowest BCUT2D eigenvalue weighted by molar-refractivity contribution is 0.119. The van der Waals surface area contributed by atoms with Crippen LogP contribution in [0.2, 0.25) is 0 Å². The lowest BCUT2D eigenvalue weighted by Crippen LogP contribution is -2.37. The first kappa shape index (κ1) is 14.7. The van der Waals surface area contributed by atoms with E-state index in [2.05, 4.69) is 35.7 Å². The Balaban J connectivity index is 2.10. The van der Waals surface area contributed by atoms with Crippen molar-refractivity contribution in [3.63, 3.8) is 0 Å². The largest absolute Gasteiger partial charge is 0.379 e. The molecule has 1 aromatic carbocycles. The topological polar surface area (TPSA) is 45.0 Å². The van der Waals surface area contributed by atoms with Crippen LogP contribution in [0.3, 0.4) is 0 Å². The van der Waals surface area contributed by atoms with Gasteiger partial charge < -0.3 is 4.74 Å². The van der Waals surface area contributed by atoms with E-state index in [1.54, 1.807) is 0 Å². The maximum Gasteiger partial charge on any atom is 0.119 e. The summed E-state index contributed by atoms with van der Waals surface area (Å²) in [7, 11) is 0. The Hall–Kier alpha value is -1.37. The maximum atomic E-state index is 8.92. The highest BCUT2D eigenvalue weighted by molar-refractivity contribution is 5.14. The van der Waals surface area contributed by atoms with Gasteiger partial charge in [-0.25, -0.2) is 0 Å². The van der Waals surface area contributed by atoms with Gasteiger partial charge in [-0.15, -0.1) is 0 Å². The first-order chi connectivity index (χ1) is 8.72. The molecule has 98 valence electrons. The summed E-state index contributed by atoms with van der Waals surface area (Å²) in [6.07, 6.45) is 2.01. The Kier molecular flexibility index (Phi) is 7.09. The van der Waals surface area contributed by atoms with Crippen molar-refractivity contribution in [2.75, 3.05) is 13.2 Å². The van der Waals surface area contributed by atoms with E-state index in [0.717, 1.165) is 12.8 Å². The number of nitriles is 1. The third-order valence-corrected chi connectivity index (χ3v) is 2.57. The van der Waals surface area contributed by atoms with Gasteiger partial charge in [-0.3, -0.25) is 5.32 Å². The number of aryl methyl sites for hydroxylation is 1. The predicted molar refractivity (Wildman–Crippen MR) is 73.3 cm³/mol. The Labute approximate surface area is 110 Å². The van der Waals surface area contributed by atoms with E-state index in [1.807, 2.05) is 19.9 Å². The molecule has 0 amide bonds. The molecule has 0 aliphatic rings. The van der Waals surface area contributed by atoms with Crippen molar-refractivity contribution in [3.05, 3.63) is 35.9 Å². The van der Waals surface area contributed by atoms with Gasteiger partial charge in [0, 0.05) is 12.6 Å². The fraction of sp³-hybridized carbons (Fsp3) is 0.533. The number of benzene rings is 1. The molecule has 3 nitrogen and oxygen atoms in total. The monoisotopic (exact) mass is 246 g/mol. The standard InChI is InChI=1S/C15H22N2O/c1-13(2)17-15(11-16)12-18-10-6-9-14-7-4-3-5-8-14/h3-5,7-8,13,15,17H,6,9-10,12H2,1-2H3. The van der Waals surface area contributed by atoms with Gasteiger partial charge in [0.15, 0.2) is 0 Å². The number of ether oxygens (including phenoxy) is 1. The summed E-state index contributed by atoms with van der Waals surface area (Å²) in [6.45, 7) is 5.22. The van der Waals surface area contributed by atoms with Crippen LogP contribution in [-0.4, -0.2) is 25.3 Å². The average Bonchev–Trinajstić information content (AvgIpc) is 2.37. The molecule has 0 heterocycles. The minimum absolute atomic E-state index is 0.207. The van der Waals surface area contributed by atoms with Crippen LogP contribution in [0.1, 0.15) is 25.8 Å². The van der Waals surface area contributed by atoms with Gasteiger partial charge in [0.1, 0.15) is 6.04 Å². The van der Waals surface area contributed by atoms with Gasteiger partial charge in [-0.05, 0) is 32.3 Å². The Bertz CT molecular complexity index is 357. The van der Waals surface area contributed by atoms with Crippen molar-refractivity contribution in [1.29, 1.82) is 5.26 Å². The van der Waals surface area contributed by atoms with Crippen LogP contribution in [0, 0.1) is 11.3 Å². The van der Waals surface area contributed by atoms with Crippen molar-refractivity contribution >= 4 is 0 Å². The number of nitrogens with zero attached hydrogens (tertiary/aromatic N) is 1. The number of hydrogen-bond acceptors (Lipinski definition) is 3. The Morgan fingerprint density at radius 3 is 2.61 bits per heavy atom. The van der Waals surface area contributed by atoms with Crippen molar-refractivity contribution < 1.29 is 4.74 Å². The van der Waals surface area contributed by atoms with E-state index in [-0.39, 0.29) is 6.04 Å². The van der Waals surface area contributed by atoms with E-state index < -0.39 is 0 Å². The summed E-state index contributed by atoms with van der Waals surface area (Å²) in [5, 5.41) is 12.1. The van der Waals surface area contributed by atoms with Crippen LogP contribution in [0.5, 0.6) is 0 Å². The molecule has 0 fully saturated rings. The molecule has 0 saturated carbocycles. The third kappa shape index (κ3) is 6.39. The minimum Gasteiger partial charge on any atom is -0.379 e. The second-order valence-corrected chi connectivity index (χ2v) is 4.67. The molecule has 0 bridgehead atoms. The highest BCUT2D eigenvalue weighted by Crippen LogP contribution is 2.02. The van der Waals surface area contributed by atoms with E-state index in [1.165, 1.54) is 5.56 Å². The molecule has 1 rings (SSSR count). The van der Waals surface area contributed by atoms with E-state index in [9.17, 15) is 0 Å². The molecule has 3 heteroatoms. The molecule has 1 unspecified atom stereocenters. The molecule has 0 aromatic heterocycles. The summed E-state index contributed by atoms with van der Waals surface area (Å²) >= 11 is 0. The molecule has 0 saturated heterocycles. The highest BCUT2D eigenvalue weighted by Gasteiger charge is 2.07. The fourth-order valence-corrected chi connectivity index (χ4v) is 1.75. The Morgan fingerprint density at radius 1 is 1.28 bits per heavy atom. The second kappa shape index (κ2) is 8.68. The molecule has 0 radical (unpaired) electrons. The van der Waals surface area contributed by atoms with E-state index in [0.29, 0.717) is 19.3 Å². The van der Waals surface area contributed by atoms with E-state index >= 15 is 0 Å². The number of hydrogen-bond donors (Lipinski definition) is 1. The zero-order valence-electron chi connectivity index (χ0n) is 11.2. The van der Waals surface area contributed by atoms with Crippen LogP contribution in [0.4, 0.5) is 0 Å². The van der Waals surface area contributed by atoms with Gasteiger partial charge in [0.25, 0.3) is 0 Å². The zero-order valence-corrected chi connectivity index (χ0v) is 11.2. The lowest BCUT2D eigenvalue weighted by atomic mass is 10.1. The molecular formula is C15H22N2O. The summed E-state index contributed by atoms with van der Waals surface area (Å²) in [4.78, 5) is 0. The second-order valence-electron chi connectivity index (χ2n) is 4.67. The first-order valence-electron chi connectivity index (χ1n) is 6.49. The van der Waals surface area contributed by atoms with Crippen LogP contribution in [0.25, 0.3) is 0 Å². The van der Waals surface area contributed by atoms with Crippen molar-refractivity contribution in [1.82, 2.24) is 5.32 Å². The Morgan fingerprint density at radius 2 is 2.00 bits per heavy atom. The van der Waals surface area contributed by atoms with Crippen molar-refractivity contribution in [2.24, 2.45) is 0 Å². The molecule has 1 atom stereocenters. The zero-order chi connectivity index (χ0) is 13.2. The molecular weight excluding hydrogens is 224 g/mol. The van der Waals surface area contributed by atoms with Crippen molar-refractivity contribution in [3.8, 4) is 6.07 Å². The predicted octanol–water partition coefficient (Wildman–Crippen LogP) is 2.53. The molecule has 1 N–H and O–H groups in total. The van der Waals surface area contributed by atoms with Crippen molar-refractivity contribution in [2.45, 2.75) is 38.8 Å². The van der Waals surface area contributed by atoms with Gasteiger partial charge in [-0.2, -0.15) is 5.26 Å². The fourth-order valence-electron chi connectivity index (χ4n) is 1.75. The normalized spacial score (nSPS) is 12.3. The molecule has 0 aliphatic heterocycles. The molecule has 0 aliphatic carbocycles. The number of rotatable bonds is 8. The van der Waals surface area contributed by atoms with Gasteiger partial charge in [0.2, 0.25) is 0 Å². The van der Waals surface area contributed by atoms with E-state index in [4.69, 9.17) is 10.00 Å². The third-order valence-electron chi connectivity index (χ3n) is 2.57.